The monoisotopic (exact) mass is 534 g/mol. The van der Waals surface area contributed by atoms with Crippen LogP contribution in [0.1, 0.15) is 11.1 Å². The maximum atomic E-state index is 2.45. The minimum Gasteiger partial charge on any atom is -0.0622 e. The third-order valence-corrected chi connectivity index (χ3v) is 8.68. The molecule has 8 aromatic carbocycles. The predicted octanol–water partition coefficient (Wildman–Crippen LogP) is 11.9. The molecule has 8 rings (SSSR count). The summed E-state index contributed by atoms with van der Waals surface area (Å²) in [5, 5.41) is 10.2. The molecular weight excluding hydrogens is 504 g/mol. The summed E-state index contributed by atoms with van der Waals surface area (Å²) in [5.74, 6) is 0. The average molecular weight is 535 g/mol. The Morgan fingerprint density at radius 3 is 1.38 bits per heavy atom. The van der Waals surface area contributed by atoms with Gasteiger partial charge in [0.1, 0.15) is 0 Å². The van der Waals surface area contributed by atoms with Crippen LogP contribution >= 0.6 is 0 Å². The summed E-state index contributed by atoms with van der Waals surface area (Å²) in [6.07, 6.45) is 0. The minimum atomic E-state index is 1.23. The quantitative estimate of drug-likeness (QED) is 0.198. The van der Waals surface area contributed by atoms with E-state index in [1.54, 1.807) is 0 Å². The van der Waals surface area contributed by atoms with Crippen LogP contribution in [0.5, 0.6) is 0 Å². The van der Waals surface area contributed by atoms with Crippen molar-refractivity contribution >= 4 is 43.1 Å². The molecule has 198 valence electrons. The van der Waals surface area contributed by atoms with Crippen molar-refractivity contribution in [2.24, 2.45) is 0 Å². The van der Waals surface area contributed by atoms with E-state index in [-0.39, 0.29) is 0 Å². The van der Waals surface area contributed by atoms with Gasteiger partial charge in [0.2, 0.25) is 0 Å². The lowest BCUT2D eigenvalue weighted by molar-refractivity contribution is 1.39. The maximum Gasteiger partial charge on any atom is -0.00923 e. The highest BCUT2D eigenvalue weighted by Gasteiger charge is 2.17. The van der Waals surface area contributed by atoms with Crippen LogP contribution < -0.4 is 0 Å². The summed E-state index contributed by atoms with van der Waals surface area (Å²) >= 11 is 0. The van der Waals surface area contributed by atoms with Crippen LogP contribution in [0.2, 0.25) is 0 Å². The van der Waals surface area contributed by atoms with Crippen LogP contribution in [-0.4, -0.2) is 0 Å². The van der Waals surface area contributed by atoms with E-state index in [9.17, 15) is 0 Å². The Morgan fingerprint density at radius 2 is 0.762 bits per heavy atom. The van der Waals surface area contributed by atoms with E-state index in [2.05, 4.69) is 159 Å². The lowest BCUT2D eigenvalue weighted by atomic mass is 9.85. The zero-order valence-corrected chi connectivity index (χ0v) is 23.9. The smallest absolute Gasteiger partial charge is 0.00923 e. The van der Waals surface area contributed by atoms with Gasteiger partial charge < -0.3 is 0 Å². The normalized spacial score (nSPS) is 11.6. The van der Waals surface area contributed by atoms with E-state index in [0.717, 1.165) is 0 Å². The first-order valence-corrected chi connectivity index (χ1v) is 14.7. The topological polar surface area (TPSA) is 0 Å². The molecule has 42 heavy (non-hydrogen) atoms. The van der Waals surface area contributed by atoms with E-state index in [4.69, 9.17) is 0 Å². The van der Waals surface area contributed by atoms with Gasteiger partial charge in [0, 0.05) is 0 Å². The van der Waals surface area contributed by atoms with E-state index in [1.807, 2.05) is 0 Å². The number of hydrogen-bond acceptors (Lipinski definition) is 0. The molecular formula is C42H30. The summed E-state index contributed by atoms with van der Waals surface area (Å²) in [4.78, 5) is 0. The van der Waals surface area contributed by atoms with Crippen LogP contribution in [0.4, 0.5) is 0 Å². The van der Waals surface area contributed by atoms with Gasteiger partial charge in [-0.05, 0) is 115 Å². The van der Waals surface area contributed by atoms with Crippen molar-refractivity contribution in [2.75, 3.05) is 0 Å². The van der Waals surface area contributed by atoms with Crippen LogP contribution in [-0.2, 0) is 0 Å². The highest BCUT2D eigenvalue weighted by atomic mass is 14.2. The van der Waals surface area contributed by atoms with E-state index >= 15 is 0 Å². The second kappa shape index (κ2) is 9.72. The number of benzene rings is 8. The summed E-state index contributed by atoms with van der Waals surface area (Å²) in [6, 6.07) is 53.9. The molecule has 0 radical (unpaired) electrons. The van der Waals surface area contributed by atoms with Gasteiger partial charge in [0.25, 0.3) is 0 Å². The van der Waals surface area contributed by atoms with Crippen molar-refractivity contribution in [3.8, 4) is 33.4 Å². The molecule has 0 N–H and O–H groups in total. The van der Waals surface area contributed by atoms with Crippen LogP contribution in [0.25, 0.3) is 76.5 Å². The Labute approximate surface area is 246 Å². The molecule has 0 aliphatic rings. The van der Waals surface area contributed by atoms with Gasteiger partial charge in [-0.25, -0.2) is 0 Å². The first kappa shape index (κ1) is 24.6. The molecule has 0 saturated carbocycles. The van der Waals surface area contributed by atoms with E-state index in [0.29, 0.717) is 0 Å². The van der Waals surface area contributed by atoms with Gasteiger partial charge in [-0.3, -0.25) is 0 Å². The zero-order valence-electron chi connectivity index (χ0n) is 23.9. The fraction of sp³-hybridized carbons (Fsp3) is 0.0476. The van der Waals surface area contributed by atoms with Crippen molar-refractivity contribution in [3.05, 3.63) is 157 Å². The average Bonchev–Trinajstić information content (AvgIpc) is 3.03. The molecule has 8 aromatic rings. The second-order valence-corrected chi connectivity index (χ2v) is 11.5. The summed E-state index contributed by atoms with van der Waals surface area (Å²) in [7, 11) is 0. The molecule has 0 atom stereocenters. The second-order valence-electron chi connectivity index (χ2n) is 11.5. The molecule has 0 fully saturated rings. The molecule has 0 aliphatic heterocycles. The molecule has 0 aromatic heterocycles. The fourth-order valence-electron chi connectivity index (χ4n) is 6.86. The maximum absolute atomic E-state index is 2.45. The van der Waals surface area contributed by atoms with Gasteiger partial charge in [-0.15, -0.1) is 0 Å². The SMILES string of the molecule is Cc1cc(C)cc(-c2cc3c4ccccc4c(-c4cc5ccccc5cc4-c4ccccc4)cc3c3ccccc23)c1. The molecule has 0 spiro atoms. The first-order chi connectivity index (χ1) is 20.6. The molecule has 0 bridgehead atoms. The molecule has 0 unspecified atom stereocenters. The highest BCUT2D eigenvalue weighted by molar-refractivity contribution is 6.24. The lowest BCUT2D eigenvalue weighted by Crippen LogP contribution is -1.92. The minimum absolute atomic E-state index is 1.23. The van der Waals surface area contributed by atoms with Crippen molar-refractivity contribution in [1.29, 1.82) is 0 Å². The van der Waals surface area contributed by atoms with Crippen molar-refractivity contribution in [2.45, 2.75) is 13.8 Å². The van der Waals surface area contributed by atoms with Gasteiger partial charge >= 0.3 is 0 Å². The van der Waals surface area contributed by atoms with Crippen molar-refractivity contribution in [3.63, 3.8) is 0 Å². The molecule has 0 amide bonds. The van der Waals surface area contributed by atoms with Crippen LogP contribution in [0.15, 0.2) is 146 Å². The fourth-order valence-corrected chi connectivity index (χ4v) is 6.86. The Balaban J connectivity index is 1.52. The third-order valence-electron chi connectivity index (χ3n) is 8.68. The van der Waals surface area contributed by atoms with Crippen LogP contribution in [0.3, 0.4) is 0 Å². The highest BCUT2D eigenvalue weighted by Crippen LogP contribution is 2.44. The Hall–Kier alpha value is -5.20. The Morgan fingerprint density at radius 1 is 0.286 bits per heavy atom. The Kier molecular flexibility index (Phi) is 5.69. The predicted molar refractivity (Wildman–Crippen MR) is 182 cm³/mol. The third kappa shape index (κ3) is 3.99. The van der Waals surface area contributed by atoms with Crippen molar-refractivity contribution < 1.29 is 0 Å². The Bertz CT molecular complexity index is 2280. The first-order valence-electron chi connectivity index (χ1n) is 14.7. The zero-order chi connectivity index (χ0) is 28.2. The van der Waals surface area contributed by atoms with E-state index < -0.39 is 0 Å². The lowest BCUT2D eigenvalue weighted by Gasteiger charge is -2.19. The summed E-state index contributed by atoms with van der Waals surface area (Å²) in [5.41, 5.74) is 10.2. The van der Waals surface area contributed by atoms with Gasteiger partial charge in [-0.2, -0.15) is 0 Å². The number of fused-ring (bicyclic) bond motifs is 6. The summed E-state index contributed by atoms with van der Waals surface area (Å²) < 4.78 is 0. The molecule has 0 heteroatoms. The molecule has 0 saturated heterocycles. The van der Waals surface area contributed by atoms with Gasteiger partial charge in [-0.1, -0.05) is 132 Å². The molecule has 0 aliphatic carbocycles. The van der Waals surface area contributed by atoms with Crippen molar-refractivity contribution in [1.82, 2.24) is 0 Å². The number of rotatable bonds is 3. The molecule has 0 heterocycles. The largest absolute Gasteiger partial charge is 0.0622 e. The molecule has 0 nitrogen and oxygen atoms in total. The van der Waals surface area contributed by atoms with E-state index in [1.165, 1.54) is 87.6 Å². The van der Waals surface area contributed by atoms with Gasteiger partial charge in [0.05, 0.1) is 0 Å². The standard InChI is InChI=1S/C42H30/c1-27-20-28(2)22-32(21-27)38-25-40-35-18-10-11-19-36(35)41(26-42(40)34-17-9-8-16-33(34)38)39-24-31-15-7-6-14-30(31)23-37(39)29-12-4-3-5-13-29/h3-26H,1-2H3. The van der Waals surface area contributed by atoms with Gasteiger partial charge in [0.15, 0.2) is 0 Å². The number of hydrogen-bond donors (Lipinski definition) is 0. The number of aryl methyl sites for hydroxylation is 2. The van der Waals surface area contributed by atoms with Crippen LogP contribution in [0, 0.1) is 13.8 Å². The summed E-state index contributed by atoms with van der Waals surface area (Å²) in [6.45, 7) is 4.38.